The van der Waals surface area contributed by atoms with Crippen LogP contribution in [-0.2, 0) is 0 Å². The number of aryl methyl sites for hydroxylation is 1. The van der Waals surface area contributed by atoms with E-state index in [0.29, 0.717) is 28.8 Å². The van der Waals surface area contributed by atoms with Crippen LogP contribution in [-0.4, -0.2) is 37.7 Å². The van der Waals surface area contributed by atoms with Gasteiger partial charge in [0.1, 0.15) is 9.88 Å². The molecule has 0 aliphatic heterocycles. The molecular weight excluding hydrogens is 421 g/mol. The molecule has 3 N–H and O–H groups in total. The number of nitrogens with two attached hydrogens (primary N) is 1. The van der Waals surface area contributed by atoms with Crippen molar-refractivity contribution in [1.29, 1.82) is 0 Å². The Morgan fingerprint density at radius 1 is 1.25 bits per heavy atom. The van der Waals surface area contributed by atoms with Crippen molar-refractivity contribution < 1.29 is 14.3 Å². The topological polar surface area (TPSA) is 86.5 Å². The van der Waals surface area contributed by atoms with Gasteiger partial charge in [-0.3, -0.25) is 4.79 Å². The zero-order valence-corrected chi connectivity index (χ0v) is 18.6. The largest absolute Gasteiger partial charge is 0.493 e. The van der Waals surface area contributed by atoms with Gasteiger partial charge < -0.3 is 20.5 Å². The Morgan fingerprint density at radius 3 is 2.61 bits per heavy atom. The molecule has 0 bridgehead atoms. The molecule has 1 aromatic carbocycles. The van der Waals surface area contributed by atoms with Crippen LogP contribution in [0.4, 0.5) is 0 Å². The predicted octanol–water partition coefficient (Wildman–Crippen LogP) is 3.84. The number of benzene rings is 1. The lowest BCUT2D eigenvalue weighted by molar-refractivity contribution is 0.0932. The number of halogens is 2. The third-order valence-electron chi connectivity index (χ3n) is 4.91. The van der Waals surface area contributed by atoms with Gasteiger partial charge in [0.15, 0.2) is 11.5 Å². The van der Waals surface area contributed by atoms with E-state index in [0.717, 1.165) is 35.5 Å². The van der Waals surface area contributed by atoms with Crippen molar-refractivity contribution in [2.75, 3.05) is 20.8 Å². The number of carbonyl (C=O) groups is 1. The number of carbonyl (C=O) groups excluding carboxylic acids is 1. The van der Waals surface area contributed by atoms with Gasteiger partial charge in [-0.2, -0.15) is 0 Å². The molecule has 156 valence electrons. The van der Waals surface area contributed by atoms with Gasteiger partial charge in [0, 0.05) is 11.6 Å². The SMILES string of the molecule is COc1ccc(-c2nc(C)c(C(=O)NC3CCCC3CN)s2)cc1OC.Cl.Cl. The fourth-order valence-corrected chi connectivity index (χ4v) is 4.41. The Labute approximate surface area is 182 Å². The summed E-state index contributed by atoms with van der Waals surface area (Å²) in [6, 6.07) is 5.80. The van der Waals surface area contributed by atoms with Crippen LogP contribution in [0.25, 0.3) is 10.6 Å². The van der Waals surface area contributed by atoms with E-state index in [4.69, 9.17) is 15.2 Å². The van der Waals surface area contributed by atoms with Gasteiger partial charge in [-0.25, -0.2) is 4.98 Å². The minimum Gasteiger partial charge on any atom is -0.493 e. The second-order valence-electron chi connectivity index (χ2n) is 6.51. The summed E-state index contributed by atoms with van der Waals surface area (Å²) in [6.45, 7) is 2.48. The lowest BCUT2D eigenvalue weighted by Gasteiger charge is -2.19. The average Bonchev–Trinajstić information content (AvgIpc) is 3.27. The molecule has 0 radical (unpaired) electrons. The molecule has 3 rings (SSSR count). The first-order chi connectivity index (χ1) is 12.6. The first-order valence-electron chi connectivity index (χ1n) is 8.78. The molecule has 1 amide bonds. The van der Waals surface area contributed by atoms with Crippen molar-refractivity contribution in [2.24, 2.45) is 11.7 Å². The Hall–Kier alpha value is -1.54. The van der Waals surface area contributed by atoms with Crippen molar-refractivity contribution in [1.82, 2.24) is 10.3 Å². The maximum absolute atomic E-state index is 12.7. The first-order valence-corrected chi connectivity index (χ1v) is 9.59. The Morgan fingerprint density at radius 2 is 1.96 bits per heavy atom. The number of methoxy groups -OCH3 is 2. The molecule has 2 unspecified atom stereocenters. The highest BCUT2D eigenvalue weighted by Gasteiger charge is 2.29. The minimum atomic E-state index is -0.0583. The normalized spacial score (nSPS) is 18.0. The molecule has 0 spiro atoms. The molecule has 9 heteroatoms. The molecule has 1 fully saturated rings. The van der Waals surface area contributed by atoms with Gasteiger partial charge in [-0.05, 0) is 50.4 Å². The second kappa shape index (κ2) is 10.9. The van der Waals surface area contributed by atoms with Crippen LogP contribution < -0.4 is 20.5 Å². The van der Waals surface area contributed by atoms with Gasteiger partial charge in [-0.1, -0.05) is 6.42 Å². The van der Waals surface area contributed by atoms with Crippen molar-refractivity contribution in [3.63, 3.8) is 0 Å². The van der Waals surface area contributed by atoms with Gasteiger partial charge in [0.25, 0.3) is 5.91 Å². The molecule has 0 saturated heterocycles. The first kappa shape index (κ1) is 24.5. The zero-order chi connectivity index (χ0) is 18.7. The number of thiazole rings is 1. The summed E-state index contributed by atoms with van der Waals surface area (Å²) in [4.78, 5) is 18.0. The fraction of sp³-hybridized carbons (Fsp3) is 0.474. The number of amides is 1. The molecule has 28 heavy (non-hydrogen) atoms. The van der Waals surface area contributed by atoms with Crippen molar-refractivity contribution in [3.8, 4) is 22.1 Å². The van der Waals surface area contributed by atoms with Crippen molar-refractivity contribution in [3.05, 3.63) is 28.8 Å². The molecule has 2 aromatic rings. The van der Waals surface area contributed by atoms with Crippen LogP contribution in [0.5, 0.6) is 11.5 Å². The summed E-state index contributed by atoms with van der Waals surface area (Å²) in [5, 5.41) is 3.94. The Bertz CT molecular complexity index is 801. The summed E-state index contributed by atoms with van der Waals surface area (Å²) in [5.74, 6) is 1.62. The van der Waals surface area contributed by atoms with Gasteiger partial charge in [0.05, 0.1) is 19.9 Å². The molecule has 1 saturated carbocycles. The summed E-state index contributed by atoms with van der Waals surface area (Å²) in [5.41, 5.74) is 7.45. The third-order valence-corrected chi connectivity index (χ3v) is 6.12. The van der Waals surface area contributed by atoms with Gasteiger partial charge in [0.2, 0.25) is 0 Å². The number of nitrogens with zero attached hydrogens (tertiary/aromatic N) is 1. The van der Waals surface area contributed by atoms with E-state index in [9.17, 15) is 4.79 Å². The quantitative estimate of drug-likeness (QED) is 0.702. The zero-order valence-electron chi connectivity index (χ0n) is 16.2. The van der Waals surface area contributed by atoms with Crippen LogP contribution in [0.2, 0.25) is 0 Å². The average molecular weight is 448 g/mol. The molecule has 1 heterocycles. The molecular formula is C19H27Cl2N3O3S. The molecule has 6 nitrogen and oxygen atoms in total. The standard InChI is InChI=1S/C19H25N3O3S.2ClH/c1-11-17(18(23)22-14-6-4-5-13(14)10-20)26-19(21-11)12-7-8-15(24-2)16(9-12)25-3;;/h7-9,13-14H,4-6,10,20H2,1-3H3,(H,22,23);2*1H. The van der Waals surface area contributed by atoms with E-state index >= 15 is 0 Å². The number of ether oxygens (including phenoxy) is 2. The Balaban J connectivity index is 0.00000196. The van der Waals surface area contributed by atoms with E-state index in [2.05, 4.69) is 10.3 Å². The molecule has 1 aliphatic carbocycles. The monoisotopic (exact) mass is 447 g/mol. The summed E-state index contributed by atoms with van der Waals surface area (Å²) in [7, 11) is 3.20. The summed E-state index contributed by atoms with van der Waals surface area (Å²) in [6.07, 6.45) is 3.19. The van der Waals surface area contributed by atoms with E-state index in [-0.39, 0.29) is 36.8 Å². The van der Waals surface area contributed by atoms with Crippen LogP contribution in [0.3, 0.4) is 0 Å². The Kier molecular flexibility index (Phi) is 9.50. The lowest BCUT2D eigenvalue weighted by Crippen LogP contribution is -2.39. The van der Waals surface area contributed by atoms with Crippen LogP contribution in [0, 0.1) is 12.8 Å². The lowest BCUT2D eigenvalue weighted by atomic mass is 10.0. The summed E-state index contributed by atoms with van der Waals surface area (Å²) < 4.78 is 10.6. The molecule has 1 aliphatic rings. The number of aromatic nitrogens is 1. The van der Waals surface area contributed by atoms with E-state index in [1.807, 2.05) is 25.1 Å². The van der Waals surface area contributed by atoms with E-state index in [1.165, 1.54) is 11.3 Å². The highest BCUT2D eigenvalue weighted by molar-refractivity contribution is 7.17. The fourth-order valence-electron chi connectivity index (χ4n) is 3.44. The van der Waals surface area contributed by atoms with Crippen molar-refractivity contribution in [2.45, 2.75) is 32.2 Å². The molecule has 2 atom stereocenters. The number of hydrogen-bond donors (Lipinski definition) is 2. The van der Waals surface area contributed by atoms with Gasteiger partial charge >= 0.3 is 0 Å². The maximum Gasteiger partial charge on any atom is 0.263 e. The van der Waals surface area contributed by atoms with Gasteiger partial charge in [-0.15, -0.1) is 36.2 Å². The van der Waals surface area contributed by atoms with E-state index < -0.39 is 0 Å². The number of rotatable bonds is 6. The van der Waals surface area contributed by atoms with Crippen LogP contribution in [0.15, 0.2) is 18.2 Å². The summed E-state index contributed by atoms with van der Waals surface area (Å²) >= 11 is 1.39. The van der Waals surface area contributed by atoms with E-state index in [1.54, 1.807) is 14.2 Å². The number of nitrogens with one attached hydrogen (secondary N) is 1. The van der Waals surface area contributed by atoms with Crippen LogP contribution in [0.1, 0.15) is 34.6 Å². The third kappa shape index (κ3) is 5.08. The second-order valence-corrected chi connectivity index (χ2v) is 7.51. The maximum atomic E-state index is 12.7. The predicted molar refractivity (Wildman–Crippen MR) is 118 cm³/mol. The smallest absolute Gasteiger partial charge is 0.263 e. The number of hydrogen-bond acceptors (Lipinski definition) is 6. The van der Waals surface area contributed by atoms with Crippen molar-refractivity contribution >= 4 is 42.1 Å². The molecule has 1 aromatic heterocycles. The minimum absolute atomic E-state index is 0. The highest BCUT2D eigenvalue weighted by Crippen LogP contribution is 2.35. The highest BCUT2D eigenvalue weighted by atomic mass is 35.5. The van der Waals surface area contributed by atoms with Crippen LogP contribution >= 0.6 is 36.2 Å².